The van der Waals surface area contributed by atoms with Crippen LogP contribution in [0.15, 0.2) is 69.6 Å². The van der Waals surface area contributed by atoms with Crippen molar-refractivity contribution in [3.05, 3.63) is 76.2 Å². The van der Waals surface area contributed by atoms with Gasteiger partial charge in [-0.3, -0.25) is 14.7 Å². The average Bonchev–Trinajstić information content (AvgIpc) is 3.35. The number of nitrogens with zero attached hydrogens (tertiary/aromatic N) is 4. The van der Waals surface area contributed by atoms with Crippen LogP contribution in [-0.4, -0.2) is 44.8 Å². The highest BCUT2D eigenvalue weighted by molar-refractivity contribution is 5.99. The van der Waals surface area contributed by atoms with Gasteiger partial charge in [0.05, 0.1) is 16.9 Å². The molecule has 9 nitrogen and oxygen atoms in total. The lowest BCUT2D eigenvalue weighted by Gasteiger charge is -2.31. The van der Waals surface area contributed by atoms with E-state index in [1.165, 1.54) is 0 Å². The Balaban J connectivity index is 1.98. The maximum Gasteiger partial charge on any atom is 0.356 e. The zero-order valence-corrected chi connectivity index (χ0v) is 25.4. The number of amides is 1. The van der Waals surface area contributed by atoms with Crippen molar-refractivity contribution in [2.45, 2.75) is 79.1 Å². The van der Waals surface area contributed by atoms with Gasteiger partial charge >= 0.3 is 5.97 Å². The van der Waals surface area contributed by atoms with Crippen molar-refractivity contribution in [2.75, 3.05) is 13.1 Å². The summed E-state index contributed by atoms with van der Waals surface area (Å²) in [4.78, 5) is 41.2. The first-order valence-electron chi connectivity index (χ1n) is 15.3. The minimum absolute atomic E-state index is 0.122. The fourth-order valence-corrected chi connectivity index (χ4v) is 5.14. The Morgan fingerprint density at radius 1 is 0.857 bits per heavy atom. The number of rotatable bonds is 17. The summed E-state index contributed by atoms with van der Waals surface area (Å²) < 4.78 is 1.12. The van der Waals surface area contributed by atoms with Crippen molar-refractivity contribution in [2.24, 2.45) is 22.1 Å². The van der Waals surface area contributed by atoms with Gasteiger partial charge in [0.25, 0.3) is 11.5 Å². The molecular weight excluding hydrogens is 530 g/mol. The highest BCUT2D eigenvalue weighted by Gasteiger charge is 2.25. The van der Waals surface area contributed by atoms with Gasteiger partial charge in [-0.05, 0) is 48.9 Å². The molecule has 0 bridgehead atoms. The van der Waals surface area contributed by atoms with E-state index in [2.05, 4.69) is 43.0 Å². The fraction of sp³-hybridized carbons (Fsp3) is 0.485. The Kier molecular flexibility index (Phi) is 12.7. The van der Waals surface area contributed by atoms with Crippen LogP contribution in [0.4, 0.5) is 11.4 Å². The lowest BCUT2D eigenvalue weighted by Crippen LogP contribution is -2.39. The van der Waals surface area contributed by atoms with Gasteiger partial charge in [0.15, 0.2) is 11.4 Å². The van der Waals surface area contributed by atoms with Crippen LogP contribution >= 0.6 is 0 Å². The monoisotopic (exact) mass is 575 g/mol. The molecule has 0 saturated heterocycles. The quantitative estimate of drug-likeness (QED) is 0.158. The predicted molar refractivity (Wildman–Crippen MR) is 166 cm³/mol. The molecule has 0 fully saturated rings. The third kappa shape index (κ3) is 8.50. The topological polar surface area (TPSA) is 120 Å². The zero-order chi connectivity index (χ0) is 30.5. The van der Waals surface area contributed by atoms with Crippen molar-refractivity contribution in [3.63, 3.8) is 0 Å². The largest absolute Gasteiger partial charge is 0.476 e. The molecule has 1 amide bonds. The Labute approximate surface area is 248 Å². The molecule has 0 spiro atoms. The normalized spacial score (nSPS) is 12.9. The van der Waals surface area contributed by atoms with E-state index in [1.54, 1.807) is 54.6 Å². The maximum atomic E-state index is 14.1. The van der Waals surface area contributed by atoms with E-state index in [9.17, 15) is 19.5 Å². The van der Waals surface area contributed by atoms with Crippen molar-refractivity contribution in [3.8, 4) is 5.69 Å². The van der Waals surface area contributed by atoms with Crippen LogP contribution in [0.3, 0.4) is 0 Å². The summed E-state index contributed by atoms with van der Waals surface area (Å²) in [7, 11) is 0. The number of aromatic nitrogens is 2. The highest BCUT2D eigenvalue weighted by atomic mass is 16.4. The van der Waals surface area contributed by atoms with Crippen molar-refractivity contribution in [1.82, 2.24) is 14.7 Å². The SMILES string of the molecule is CCCCC(CC)CN(CC(CC)CCCC)C(=O)c1ccccc1N=Nc1c(C(=O)O)[nH]n(-c2ccccc2)c1=O. The van der Waals surface area contributed by atoms with E-state index in [0.29, 0.717) is 41.9 Å². The summed E-state index contributed by atoms with van der Waals surface area (Å²) in [5.41, 5.74) is -0.203. The molecule has 2 unspecified atom stereocenters. The summed E-state index contributed by atoms with van der Waals surface area (Å²) in [5.74, 6) is -0.646. The van der Waals surface area contributed by atoms with Gasteiger partial charge in [0.2, 0.25) is 0 Å². The van der Waals surface area contributed by atoms with Crippen LogP contribution in [0.25, 0.3) is 5.69 Å². The molecular formula is C33H45N5O4. The van der Waals surface area contributed by atoms with Crippen LogP contribution in [0.1, 0.15) is 99.9 Å². The van der Waals surface area contributed by atoms with Crippen molar-refractivity contribution in [1.29, 1.82) is 0 Å². The molecule has 42 heavy (non-hydrogen) atoms. The molecule has 0 radical (unpaired) electrons. The number of carboxylic acids is 1. The smallest absolute Gasteiger partial charge is 0.356 e. The van der Waals surface area contributed by atoms with Gasteiger partial charge in [0, 0.05) is 13.1 Å². The average molecular weight is 576 g/mol. The molecule has 9 heteroatoms. The Morgan fingerprint density at radius 3 is 1.98 bits per heavy atom. The molecule has 0 aliphatic heterocycles. The van der Waals surface area contributed by atoms with Crippen LogP contribution in [-0.2, 0) is 0 Å². The van der Waals surface area contributed by atoms with Gasteiger partial charge in [-0.2, -0.15) is 0 Å². The van der Waals surface area contributed by atoms with Crippen molar-refractivity contribution < 1.29 is 14.7 Å². The van der Waals surface area contributed by atoms with Gasteiger partial charge in [0.1, 0.15) is 0 Å². The van der Waals surface area contributed by atoms with E-state index < -0.39 is 11.5 Å². The fourth-order valence-electron chi connectivity index (χ4n) is 5.14. The molecule has 2 atom stereocenters. The Morgan fingerprint density at radius 2 is 1.43 bits per heavy atom. The number of hydrogen-bond acceptors (Lipinski definition) is 5. The standard InChI is InChI=1S/C33H45N5O4/c1-5-9-16-24(7-3)22-37(23-25(8-4)17-10-6-2)31(39)27-20-14-15-21-28(27)34-35-29-30(33(41)42)36-38(32(29)40)26-18-12-11-13-19-26/h11-15,18-21,24-25,36H,5-10,16-17,22-23H2,1-4H3,(H,41,42). The zero-order valence-electron chi connectivity index (χ0n) is 25.4. The van der Waals surface area contributed by atoms with Crippen LogP contribution in [0.5, 0.6) is 0 Å². The Hall–Kier alpha value is -4.01. The number of carboxylic acid groups (broad SMARTS) is 1. The molecule has 0 aliphatic carbocycles. The number of aromatic carboxylic acids is 1. The first kappa shape index (κ1) is 32.5. The number of hydrogen-bond donors (Lipinski definition) is 2. The number of azo groups is 1. The Bertz CT molecular complexity index is 1360. The van der Waals surface area contributed by atoms with E-state index in [-0.39, 0.29) is 17.3 Å². The summed E-state index contributed by atoms with van der Waals surface area (Å²) >= 11 is 0. The number of H-pyrrole nitrogens is 1. The maximum absolute atomic E-state index is 14.1. The second-order valence-corrected chi connectivity index (χ2v) is 10.9. The minimum atomic E-state index is -1.33. The summed E-state index contributed by atoms with van der Waals surface area (Å²) in [5, 5.41) is 20.7. The number of unbranched alkanes of at least 4 members (excludes halogenated alkanes) is 2. The third-order valence-corrected chi connectivity index (χ3v) is 7.82. The third-order valence-electron chi connectivity index (χ3n) is 7.82. The number of carbonyl (C=O) groups is 2. The number of carbonyl (C=O) groups excluding carboxylic acids is 1. The molecule has 2 aromatic carbocycles. The van der Waals surface area contributed by atoms with E-state index >= 15 is 0 Å². The predicted octanol–water partition coefficient (Wildman–Crippen LogP) is 8.15. The number of nitrogens with one attached hydrogen (secondary N) is 1. The minimum Gasteiger partial charge on any atom is -0.476 e. The molecule has 0 saturated carbocycles. The number of para-hydroxylation sites is 1. The first-order chi connectivity index (χ1) is 20.3. The summed E-state index contributed by atoms with van der Waals surface area (Å²) in [6.07, 6.45) is 8.62. The molecule has 3 aromatic rings. The van der Waals surface area contributed by atoms with Gasteiger partial charge in [-0.25, -0.2) is 9.48 Å². The number of aromatic amines is 1. The molecule has 0 aliphatic rings. The number of benzene rings is 2. The van der Waals surface area contributed by atoms with E-state index in [4.69, 9.17) is 0 Å². The van der Waals surface area contributed by atoms with Gasteiger partial charge < -0.3 is 10.0 Å². The summed E-state index contributed by atoms with van der Waals surface area (Å²) in [6.45, 7) is 10.1. The highest BCUT2D eigenvalue weighted by Crippen LogP contribution is 2.27. The molecule has 3 rings (SSSR count). The van der Waals surface area contributed by atoms with Gasteiger partial charge in [-0.15, -0.1) is 10.2 Å². The second-order valence-electron chi connectivity index (χ2n) is 10.9. The molecule has 2 N–H and O–H groups in total. The molecule has 226 valence electrons. The van der Waals surface area contributed by atoms with Crippen LogP contribution in [0, 0.1) is 11.8 Å². The van der Waals surface area contributed by atoms with Crippen molar-refractivity contribution >= 4 is 23.3 Å². The second kappa shape index (κ2) is 16.4. The first-order valence-corrected chi connectivity index (χ1v) is 15.3. The lowest BCUT2D eigenvalue weighted by molar-refractivity contribution is 0.0679. The van der Waals surface area contributed by atoms with Gasteiger partial charge in [-0.1, -0.05) is 96.6 Å². The summed E-state index contributed by atoms with van der Waals surface area (Å²) in [6, 6.07) is 15.6. The molecule has 1 aromatic heterocycles. The lowest BCUT2D eigenvalue weighted by atomic mass is 9.95. The van der Waals surface area contributed by atoms with Crippen LogP contribution in [0.2, 0.25) is 0 Å². The molecule has 1 heterocycles. The van der Waals surface area contributed by atoms with E-state index in [1.807, 2.05) is 4.90 Å². The van der Waals surface area contributed by atoms with E-state index in [0.717, 1.165) is 56.0 Å². The van der Waals surface area contributed by atoms with Crippen LogP contribution < -0.4 is 5.56 Å².